The highest BCUT2D eigenvalue weighted by Crippen LogP contribution is 2.06. The lowest BCUT2D eigenvalue weighted by molar-refractivity contribution is 0.304. The highest BCUT2D eigenvalue weighted by Gasteiger charge is 2.12. The van der Waals surface area contributed by atoms with Gasteiger partial charge in [-0.15, -0.1) is 5.10 Å². The molecule has 1 heterocycles. The number of nitrogens with one attached hydrogen (secondary N) is 1. The molecule has 0 fully saturated rings. The minimum absolute atomic E-state index is 0.506. The average Bonchev–Trinajstić information content (AvgIpc) is 2.59. The lowest BCUT2D eigenvalue weighted by Gasteiger charge is -2.23. The smallest absolute Gasteiger partial charge is 0.0964 e. The quantitative estimate of drug-likeness (QED) is 0.767. The Labute approximate surface area is 104 Å². The molecule has 0 amide bonds. The molecule has 17 heavy (non-hydrogen) atoms. The molecule has 1 rings (SSSR count). The third kappa shape index (κ3) is 5.79. The molecule has 0 aliphatic carbocycles. The second-order valence-electron chi connectivity index (χ2n) is 5.35. The first-order chi connectivity index (χ1) is 7.97. The first-order valence-corrected chi connectivity index (χ1v) is 6.20. The van der Waals surface area contributed by atoms with Gasteiger partial charge in [0.15, 0.2) is 0 Å². The summed E-state index contributed by atoms with van der Waals surface area (Å²) in [7, 11) is 6.11. The van der Waals surface area contributed by atoms with E-state index in [1.807, 2.05) is 13.2 Å². The summed E-state index contributed by atoms with van der Waals surface area (Å²) in [4.78, 5) is 2.22. The third-order valence-electron chi connectivity index (χ3n) is 2.56. The second-order valence-corrected chi connectivity index (χ2v) is 5.35. The number of aromatic nitrogens is 3. The van der Waals surface area contributed by atoms with Crippen molar-refractivity contribution in [1.82, 2.24) is 25.2 Å². The molecule has 5 heteroatoms. The molecular weight excluding hydrogens is 214 g/mol. The summed E-state index contributed by atoms with van der Waals surface area (Å²) in [5.74, 6) is 0.703. The highest BCUT2D eigenvalue weighted by molar-refractivity contribution is 4.91. The highest BCUT2D eigenvalue weighted by atomic mass is 15.4. The van der Waals surface area contributed by atoms with Gasteiger partial charge in [-0.3, -0.25) is 4.68 Å². The monoisotopic (exact) mass is 239 g/mol. The maximum atomic E-state index is 4.08. The van der Waals surface area contributed by atoms with Crippen LogP contribution in [0.5, 0.6) is 0 Å². The molecule has 1 atom stereocenters. The number of hydrogen-bond acceptors (Lipinski definition) is 4. The Morgan fingerprint density at radius 3 is 2.59 bits per heavy atom. The van der Waals surface area contributed by atoms with Gasteiger partial charge in [0.1, 0.15) is 0 Å². The van der Waals surface area contributed by atoms with Crippen LogP contribution in [-0.4, -0.2) is 46.6 Å². The first-order valence-electron chi connectivity index (χ1n) is 6.20. The molecule has 0 aromatic carbocycles. The van der Waals surface area contributed by atoms with Crippen molar-refractivity contribution in [3.8, 4) is 0 Å². The maximum Gasteiger partial charge on any atom is 0.0964 e. The molecule has 0 saturated carbocycles. The largest absolute Gasteiger partial charge is 0.308 e. The van der Waals surface area contributed by atoms with Crippen molar-refractivity contribution < 1.29 is 0 Å². The van der Waals surface area contributed by atoms with E-state index in [1.54, 1.807) is 4.68 Å². The molecule has 0 aliphatic heterocycles. The van der Waals surface area contributed by atoms with Crippen molar-refractivity contribution in [2.24, 2.45) is 13.0 Å². The van der Waals surface area contributed by atoms with E-state index in [4.69, 9.17) is 0 Å². The zero-order chi connectivity index (χ0) is 12.8. The van der Waals surface area contributed by atoms with E-state index >= 15 is 0 Å². The van der Waals surface area contributed by atoms with Crippen LogP contribution in [0, 0.1) is 5.92 Å². The molecular formula is C12H25N5. The Bertz CT molecular complexity index is 308. The molecule has 1 aromatic rings. The summed E-state index contributed by atoms with van der Waals surface area (Å²) in [6.07, 6.45) is 3.13. The lowest BCUT2D eigenvalue weighted by atomic mass is 10.0. The molecule has 0 bridgehead atoms. The van der Waals surface area contributed by atoms with Gasteiger partial charge in [0.25, 0.3) is 0 Å². The minimum Gasteiger partial charge on any atom is -0.308 e. The van der Waals surface area contributed by atoms with Crippen molar-refractivity contribution in [3.63, 3.8) is 0 Å². The van der Waals surface area contributed by atoms with Gasteiger partial charge in [0.2, 0.25) is 0 Å². The van der Waals surface area contributed by atoms with Crippen LogP contribution in [0.4, 0.5) is 0 Å². The molecule has 0 spiro atoms. The van der Waals surface area contributed by atoms with Crippen LogP contribution < -0.4 is 5.32 Å². The molecule has 0 aliphatic rings. The normalized spacial score (nSPS) is 13.6. The van der Waals surface area contributed by atoms with E-state index in [1.165, 1.54) is 6.42 Å². The van der Waals surface area contributed by atoms with Crippen LogP contribution in [0.2, 0.25) is 0 Å². The number of hydrogen-bond donors (Lipinski definition) is 1. The van der Waals surface area contributed by atoms with Crippen molar-refractivity contribution in [2.75, 3.05) is 20.6 Å². The number of likely N-dealkylation sites (N-methyl/N-ethyl adjacent to an activating group) is 1. The zero-order valence-corrected chi connectivity index (χ0v) is 11.6. The van der Waals surface area contributed by atoms with E-state index in [0.717, 1.165) is 18.8 Å². The standard InChI is InChI=1S/C12H25N5/c1-10(2)6-11(8-16(3)4)13-7-12-9-17(5)15-14-12/h9-11,13H,6-8H2,1-5H3. The minimum atomic E-state index is 0.506. The average molecular weight is 239 g/mol. The van der Waals surface area contributed by atoms with E-state index in [2.05, 4.69) is 48.5 Å². The lowest BCUT2D eigenvalue weighted by Crippen LogP contribution is -2.38. The third-order valence-corrected chi connectivity index (χ3v) is 2.56. The fourth-order valence-corrected chi connectivity index (χ4v) is 1.96. The SMILES string of the molecule is CC(C)CC(CN(C)C)NCc1cn(C)nn1. The van der Waals surface area contributed by atoms with Gasteiger partial charge in [-0.1, -0.05) is 19.1 Å². The molecule has 1 aromatic heterocycles. The van der Waals surface area contributed by atoms with Crippen LogP contribution in [0.25, 0.3) is 0 Å². The number of rotatable bonds is 7. The molecule has 5 nitrogen and oxygen atoms in total. The van der Waals surface area contributed by atoms with Crippen LogP contribution in [0.15, 0.2) is 6.20 Å². The fraction of sp³-hybridized carbons (Fsp3) is 0.833. The first kappa shape index (κ1) is 14.1. The Balaban J connectivity index is 2.42. The van der Waals surface area contributed by atoms with Gasteiger partial charge in [-0.25, -0.2) is 0 Å². The fourth-order valence-electron chi connectivity index (χ4n) is 1.96. The number of nitrogens with zero attached hydrogens (tertiary/aromatic N) is 4. The van der Waals surface area contributed by atoms with Crippen LogP contribution in [-0.2, 0) is 13.6 Å². The predicted molar refractivity (Wildman–Crippen MR) is 69.6 cm³/mol. The second kappa shape index (κ2) is 6.71. The Morgan fingerprint density at radius 1 is 1.41 bits per heavy atom. The van der Waals surface area contributed by atoms with Crippen molar-refractivity contribution in [2.45, 2.75) is 32.9 Å². The summed E-state index contributed by atoms with van der Waals surface area (Å²) < 4.78 is 1.74. The van der Waals surface area contributed by atoms with Gasteiger partial charge in [-0.2, -0.15) is 0 Å². The summed E-state index contributed by atoms with van der Waals surface area (Å²) >= 11 is 0. The Hall–Kier alpha value is -0.940. The summed E-state index contributed by atoms with van der Waals surface area (Å²) in [6.45, 7) is 6.36. The van der Waals surface area contributed by atoms with Gasteiger partial charge >= 0.3 is 0 Å². The molecule has 0 saturated heterocycles. The topological polar surface area (TPSA) is 46.0 Å². The maximum absolute atomic E-state index is 4.08. The molecule has 1 unspecified atom stereocenters. The predicted octanol–water partition coefficient (Wildman–Crippen LogP) is 0.881. The van der Waals surface area contributed by atoms with Crippen LogP contribution in [0.1, 0.15) is 26.0 Å². The van der Waals surface area contributed by atoms with Gasteiger partial charge < -0.3 is 10.2 Å². The van der Waals surface area contributed by atoms with Crippen LogP contribution in [0.3, 0.4) is 0 Å². The van der Waals surface area contributed by atoms with Crippen molar-refractivity contribution in [3.05, 3.63) is 11.9 Å². The Morgan fingerprint density at radius 2 is 2.12 bits per heavy atom. The van der Waals surface area contributed by atoms with E-state index in [-0.39, 0.29) is 0 Å². The van der Waals surface area contributed by atoms with E-state index < -0.39 is 0 Å². The summed E-state index contributed by atoms with van der Waals surface area (Å²) in [6, 6.07) is 0.506. The Kier molecular flexibility index (Phi) is 5.58. The van der Waals surface area contributed by atoms with E-state index in [9.17, 15) is 0 Å². The molecule has 98 valence electrons. The van der Waals surface area contributed by atoms with E-state index in [0.29, 0.717) is 12.0 Å². The summed E-state index contributed by atoms with van der Waals surface area (Å²) in [5, 5.41) is 11.6. The molecule has 1 N–H and O–H groups in total. The van der Waals surface area contributed by atoms with Gasteiger partial charge in [-0.05, 0) is 26.4 Å². The number of aryl methyl sites for hydroxylation is 1. The van der Waals surface area contributed by atoms with Crippen LogP contribution >= 0.6 is 0 Å². The summed E-state index contributed by atoms with van der Waals surface area (Å²) in [5.41, 5.74) is 1.00. The van der Waals surface area contributed by atoms with Gasteiger partial charge in [0.05, 0.1) is 5.69 Å². The molecule has 0 radical (unpaired) electrons. The van der Waals surface area contributed by atoms with Gasteiger partial charge in [0, 0.05) is 32.4 Å². The zero-order valence-electron chi connectivity index (χ0n) is 11.6. The van der Waals surface area contributed by atoms with Crippen molar-refractivity contribution >= 4 is 0 Å². The van der Waals surface area contributed by atoms with Crippen molar-refractivity contribution in [1.29, 1.82) is 0 Å².